The molecule has 0 aliphatic carbocycles. The van der Waals surface area contributed by atoms with Crippen LogP contribution in [0, 0.1) is 0 Å². The van der Waals surface area contributed by atoms with E-state index in [1.54, 1.807) is 48.5 Å². The third-order valence-corrected chi connectivity index (χ3v) is 4.15. The lowest BCUT2D eigenvalue weighted by molar-refractivity contribution is -0.155. The molecule has 0 saturated carbocycles. The summed E-state index contributed by atoms with van der Waals surface area (Å²) in [4.78, 5) is 34.8. The Hall–Kier alpha value is -4.13. The molecule has 1 N–H and O–H groups in total. The van der Waals surface area contributed by atoms with E-state index in [1.807, 2.05) is 30.3 Å². The highest BCUT2D eigenvalue weighted by atomic mass is 16.6. The number of amides is 1. The maximum absolute atomic E-state index is 12.3. The van der Waals surface area contributed by atoms with E-state index >= 15 is 0 Å². The first kappa shape index (κ1) is 21.6. The van der Waals surface area contributed by atoms with Crippen LogP contribution in [0.2, 0.25) is 0 Å². The molecule has 0 radical (unpaired) electrons. The number of nitrogens with one attached hydrogen (secondary N) is 1. The molecule has 3 rings (SSSR count). The van der Waals surface area contributed by atoms with Crippen LogP contribution in [0.1, 0.15) is 17.3 Å². The number of carbonyl (C=O) groups excluding carboxylic acids is 3. The van der Waals surface area contributed by atoms with Crippen LogP contribution >= 0.6 is 0 Å². The molecule has 3 aromatic rings. The fraction of sp³-hybridized carbons (Fsp3) is 0.125. The summed E-state index contributed by atoms with van der Waals surface area (Å²) >= 11 is 0. The average molecular weight is 419 g/mol. The molecular formula is C24H21NO6. The quantitative estimate of drug-likeness (QED) is 0.412. The maximum atomic E-state index is 12.3. The lowest BCUT2D eigenvalue weighted by Gasteiger charge is -2.14. The van der Waals surface area contributed by atoms with Crippen LogP contribution in [-0.2, 0) is 14.3 Å². The standard InChI is InChI=1S/C24H21NO6/c1-17(30-23(27)16-29-20-11-7-18(15-26)8-12-20)24(28)25-19-9-13-22(14-10-19)31-21-5-3-2-4-6-21/h2-15,17H,16H2,1H3,(H,25,28)/t17-/m0/s1. The lowest BCUT2D eigenvalue weighted by atomic mass is 10.2. The highest BCUT2D eigenvalue weighted by Crippen LogP contribution is 2.22. The third-order valence-electron chi connectivity index (χ3n) is 4.15. The Balaban J connectivity index is 1.44. The Bertz CT molecular complexity index is 1020. The van der Waals surface area contributed by atoms with Crippen molar-refractivity contribution in [3.63, 3.8) is 0 Å². The Kier molecular flexibility index (Phi) is 7.37. The van der Waals surface area contributed by atoms with Crippen molar-refractivity contribution >= 4 is 23.9 Å². The summed E-state index contributed by atoms with van der Waals surface area (Å²) in [7, 11) is 0. The zero-order valence-corrected chi connectivity index (χ0v) is 16.8. The van der Waals surface area contributed by atoms with Gasteiger partial charge in [-0.2, -0.15) is 0 Å². The van der Waals surface area contributed by atoms with Crippen molar-refractivity contribution in [2.75, 3.05) is 11.9 Å². The molecule has 0 aliphatic heterocycles. The second-order valence-electron chi connectivity index (χ2n) is 6.54. The highest BCUT2D eigenvalue weighted by Gasteiger charge is 2.18. The van der Waals surface area contributed by atoms with Crippen LogP contribution < -0.4 is 14.8 Å². The number of para-hydroxylation sites is 1. The minimum Gasteiger partial charge on any atom is -0.482 e. The molecule has 7 nitrogen and oxygen atoms in total. The number of benzene rings is 3. The molecule has 31 heavy (non-hydrogen) atoms. The van der Waals surface area contributed by atoms with Gasteiger partial charge in [0.25, 0.3) is 5.91 Å². The molecule has 0 aliphatic rings. The lowest BCUT2D eigenvalue weighted by Crippen LogP contribution is -2.31. The van der Waals surface area contributed by atoms with Crippen LogP contribution in [0.15, 0.2) is 78.9 Å². The summed E-state index contributed by atoms with van der Waals surface area (Å²) in [5, 5.41) is 2.68. The number of carbonyl (C=O) groups is 3. The van der Waals surface area contributed by atoms with Crippen LogP contribution in [0.25, 0.3) is 0 Å². The second-order valence-corrected chi connectivity index (χ2v) is 6.54. The number of esters is 1. The van der Waals surface area contributed by atoms with Gasteiger partial charge in [-0.15, -0.1) is 0 Å². The first-order chi connectivity index (χ1) is 15.0. The van der Waals surface area contributed by atoms with E-state index < -0.39 is 18.0 Å². The predicted molar refractivity (Wildman–Crippen MR) is 114 cm³/mol. The monoisotopic (exact) mass is 419 g/mol. The Morgan fingerprint density at radius 1 is 0.871 bits per heavy atom. The van der Waals surface area contributed by atoms with Crippen molar-refractivity contribution in [2.24, 2.45) is 0 Å². The van der Waals surface area contributed by atoms with Gasteiger partial charge in [0, 0.05) is 11.3 Å². The predicted octanol–water partition coefficient (Wildman–Crippen LogP) is 4.24. The highest BCUT2D eigenvalue weighted by molar-refractivity contribution is 5.95. The molecule has 0 unspecified atom stereocenters. The number of rotatable bonds is 9. The Morgan fingerprint density at radius 3 is 2.13 bits per heavy atom. The zero-order valence-electron chi connectivity index (χ0n) is 16.8. The van der Waals surface area contributed by atoms with E-state index in [4.69, 9.17) is 14.2 Å². The molecular weight excluding hydrogens is 398 g/mol. The molecule has 158 valence electrons. The van der Waals surface area contributed by atoms with Gasteiger partial charge in [0.2, 0.25) is 0 Å². The van der Waals surface area contributed by atoms with Gasteiger partial charge in [0.1, 0.15) is 23.5 Å². The minimum atomic E-state index is -1.01. The van der Waals surface area contributed by atoms with Crippen molar-refractivity contribution in [2.45, 2.75) is 13.0 Å². The van der Waals surface area contributed by atoms with E-state index in [0.717, 1.165) is 0 Å². The maximum Gasteiger partial charge on any atom is 0.344 e. The number of hydrogen-bond acceptors (Lipinski definition) is 6. The van der Waals surface area contributed by atoms with E-state index in [9.17, 15) is 14.4 Å². The van der Waals surface area contributed by atoms with Gasteiger partial charge in [-0.25, -0.2) is 4.79 Å². The molecule has 0 saturated heterocycles. The molecule has 3 aromatic carbocycles. The van der Waals surface area contributed by atoms with E-state index in [2.05, 4.69) is 5.32 Å². The fourth-order valence-electron chi connectivity index (χ4n) is 2.54. The van der Waals surface area contributed by atoms with Gasteiger partial charge < -0.3 is 19.5 Å². The summed E-state index contributed by atoms with van der Waals surface area (Å²) in [6.45, 7) is 1.11. The van der Waals surface area contributed by atoms with Crippen molar-refractivity contribution in [3.05, 3.63) is 84.4 Å². The summed E-state index contributed by atoms with van der Waals surface area (Å²) in [6, 6.07) is 22.4. The van der Waals surface area contributed by atoms with Crippen LogP contribution in [-0.4, -0.2) is 30.9 Å². The van der Waals surface area contributed by atoms with Crippen LogP contribution in [0.4, 0.5) is 5.69 Å². The normalized spacial score (nSPS) is 11.1. The smallest absolute Gasteiger partial charge is 0.344 e. The third kappa shape index (κ3) is 6.71. The largest absolute Gasteiger partial charge is 0.482 e. The van der Waals surface area contributed by atoms with E-state index in [0.29, 0.717) is 34.8 Å². The van der Waals surface area contributed by atoms with Gasteiger partial charge in [0.15, 0.2) is 12.7 Å². The molecule has 1 amide bonds. The average Bonchev–Trinajstić information content (AvgIpc) is 2.80. The van der Waals surface area contributed by atoms with Gasteiger partial charge in [-0.1, -0.05) is 18.2 Å². The molecule has 0 aromatic heterocycles. The summed E-state index contributed by atoms with van der Waals surface area (Å²) in [5.41, 5.74) is 1.04. The molecule has 0 spiro atoms. The summed E-state index contributed by atoms with van der Waals surface area (Å²) < 4.78 is 16.1. The number of ether oxygens (including phenoxy) is 3. The molecule has 0 heterocycles. The van der Waals surface area contributed by atoms with Crippen molar-refractivity contribution in [1.29, 1.82) is 0 Å². The van der Waals surface area contributed by atoms with Gasteiger partial charge in [0.05, 0.1) is 0 Å². The molecule has 0 fully saturated rings. The second kappa shape index (κ2) is 10.6. The molecule has 0 bridgehead atoms. The summed E-state index contributed by atoms with van der Waals surface area (Å²) in [6.07, 6.45) is -0.295. The van der Waals surface area contributed by atoms with Gasteiger partial charge in [-0.05, 0) is 67.6 Å². The van der Waals surface area contributed by atoms with Crippen molar-refractivity contribution < 1.29 is 28.6 Å². The van der Waals surface area contributed by atoms with Gasteiger partial charge in [-0.3, -0.25) is 9.59 Å². The first-order valence-corrected chi connectivity index (χ1v) is 9.55. The SMILES string of the molecule is C[C@H](OC(=O)COc1ccc(C=O)cc1)C(=O)Nc1ccc(Oc2ccccc2)cc1. The van der Waals surface area contributed by atoms with E-state index in [-0.39, 0.29) is 6.61 Å². The number of hydrogen-bond donors (Lipinski definition) is 1. The van der Waals surface area contributed by atoms with Gasteiger partial charge >= 0.3 is 5.97 Å². The first-order valence-electron chi connectivity index (χ1n) is 9.55. The topological polar surface area (TPSA) is 90.9 Å². The minimum absolute atomic E-state index is 0.358. The molecule has 7 heteroatoms. The zero-order chi connectivity index (χ0) is 22.1. The fourth-order valence-corrected chi connectivity index (χ4v) is 2.54. The van der Waals surface area contributed by atoms with Crippen molar-refractivity contribution in [1.82, 2.24) is 0 Å². The Labute approximate surface area is 179 Å². The number of aldehydes is 1. The van der Waals surface area contributed by atoms with Crippen molar-refractivity contribution in [3.8, 4) is 17.2 Å². The Morgan fingerprint density at radius 2 is 1.48 bits per heavy atom. The summed E-state index contributed by atoms with van der Waals surface area (Å²) in [5.74, 6) is 0.593. The molecule has 1 atom stereocenters. The van der Waals surface area contributed by atoms with Crippen LogP contribution in [0.3, 0.4) is 0 Å². The van der Waals surface area contributed by atoms with Crippen LogP contribution in [0.5, 0.6) is 17.2 Å². The van der Waals surface area contributed by atoms with E-state index in [1.165, 1.54) is 6.92 Å². The number of anilines is 1.